The minimum atomic E-state index is -3.74. The molecule has 1 aromatic heterocycles. The maximum Gasteiger partial charge on any atom is 0.269 e. The van der Waals surface area contributed by atoms with Crippen LogP contribution in [0.15, 0.2) is 47.4 Å². The van der Waals surface area contributed by atoms with Crippen LogP contribution in [0.5, 0.6) is 0 Å². The van der Waals surface area contributed by atoms with Crippen molar-refractivity contribution in [3.05, 3.63) is 64.2 Å². The van der Waals surface area contributed by atoms with Gasteiger partial charge in [0.1, 0.15) is 4.88 Å². The number of hydrogen-bond donors (Lipinski definition) is 2. The summed E-state index contributed by atoms with van der Waals surface area (Å²) < 4.78 is 31.8. The van der Waals surface area contributed by atoms with Crippen LogP contribution in [0.3, 0.4) is 0 Å². The van der Waals surface area contributed by atoms with Crippen LogP contribution in [0, 0.1) is 13.8 Å². The Morgan fingerprint density at radius 1 is 1.07 bits per heavy atom. The summed E-state index contributed by atoms with van der Waals surface area (Å²) in [6, 6.07) is 11.6. The second kappa shape index (κ2) is 8.07. The summed E-state index contributed by atoms with van der Waals surface area (Å²) in [5.41, 5.74) is 3.39. The van der Waals surface area contributed by atoms with Crippen LogP contribution >= 0.6 is 11.5 Å². The summed E-state index contributed by atoms with van der Waals surface area (Å²) in [5.74, 6) is -0.309. The van der Waals surface area contributed by atoms with E-state index in [1.54, 1.807) is 12.1 Å². The van der Waals surface area contributed by atoms with Gasteiger partial charge in [-0.2, -0.15) is 0 Å². The molecule has 9 heteroatoms. The Morgan fingerprint density at radius 3 is 2.32 bits per heavy atom. The first-order valence-electron chi connectivity index (χ1n) is 8.63. The molecule has 0 saturated heterocycles. The Hall–Kier alpha value is -2.78. The predicted octanol–water partition coefficient (Wildman–Crippen LogP) is 3.77. The predicted molar refractivity (Wildman–Crippen MR) is 110 cm³/mol. The van der Waals surface area contributed by atoms with E-state index in [4.69, 9.17) is 0 Å². The fourth-order valence-electron chi connectivity index (χ4n) is 2.69. The third-order valence-corrected chi connectivity index (χ3v) is 6.37. The van der Waals surface area contributed by atoms with Crippen molar-refractivity contribution in [1.82, 2.24) is 9.59 Å². The minimum Gasteiger partial charge on any atom is -0.321 e. The number of benzene rings is 2. The van der Waals surface area contributed by atoms with E-state index in [-0.39, 0.29) is 10.8 Å². The average Bonchev–Trinajstić information content (AvgIpc) is 3.14. The number of para-hydroxylation sites is 1. The van der Waals surface area contributed by atoms with Crippen molar-refractivity contribution in [2.24, 2.45) is 0 Å². The van der Waals surface area contributed by atoms with Crippen molar-refractivity contribution >= 4 is 38.8 Å². The van der Waals surface area contributed by atoms with Crippen LogP contribution in [-0.4, -0.2) is 23.9 Å². The van der Waals surface area contributed by atoms with Gasteiger partial charge in [0.2, 0.25) is 0 Å². The smallest absolute Gasteiger partial charge is 0.269 e. The quantitative estimate of drug-likeness (QED) is 0.637. The number of aryl methyl sites for hydroxylation is 3. The number of carbonyl (C=O) groups is 1. The molecular weight excluding hydrogens is 396 g/mol. The van der Waals surface area contributed by atoms with Crippen LogP contribution in [0.25, 0.3) is 0 Å². The van der Waals surface area contributed by atoms with E-state index in [1.165, 1.54) is 12.1 Å². The summed E-state index contributed by atoms with van der Waals surface area (Å²) in [7, 11) is -3.74. The first kappa shape index (κ1) is 20.0. The van der Waals surface area contributed by atoms with Crippen molar-refractivity contribution in [2.45, 2.75) is 32.1 Å². The van der Waals surface area contributed by atoms with Crippen molar-refractivity contribution < 1.29 is 13.2 Å². The molecule has 1 heterocycles. The van der Waals surface area contributed by atoms with Crippen molar-refractivity contribution in [2.75, 3.05) is 10.0 Å². The van der Waals surface area contributed by atoms with Gasteiger partial charge in [0.15, 0.2) is 0 Å². The maximum absolute atomic E-state index is 12.7. The molecule has 0 spiro atoms. The molecule has 0 fully saturated rings. The summed E-state index contributed by atoms with van der Waals surface area (Å²) >= 11 is 1.03. The Morgan fingerprint density at radius 2 is 1.71 bits per heavy atom. The number of nitrogens with zero attached hydrogens (tertiary/aromatic N) is 2. The molecule has 1 amide bonds. The maximum atomic E-state index is 12.7. The lowest BCUT2D eigenvalue weighted by Gasteiger charge is -2.13. The molecule has 0 bridgehead atoms. The van der Waals surface area contributed by atoms with E-state index < -0.39 is 10.0 Å². The van der Waals surface area contributed by atoms with Crippen LogP contribution in [0.1, 0.15) is 33.4 Å². The van der Waals surface area contributed by atoms with E-state index in [2.05, 4.69) is 19.6 Å². The number of rotatable bonds is 6. The summed E-state index contributed by atoms with van der Waals surface area (Å²) in [6.07, 6.45) is 0.612. The first-order chi connectivity index (χ1) is 13.3. The summed E-state index contributed by atoms with van der Waals surface area (Å²) in [5, 5.41) is 6.66. The summed E-state index contributed by atoms with van der Waals surface area (Å²) in [6.45, 7) is 5.60. The fraction of sp³-hybridized carbons (Fsp3) is 0.211. The Balaban J connectivity index is 1.77. The van der Waals surface area contributed by atoms with Gasteiger partial charge in [0.05, 0.1) is 16.3 Å². The lowest BCUT2D eigenvalue weighted by Crippen LogP contribution is -2.15. The number of amides is 1. The number of sulfonamides is 1. The third-order valence-electron chi connectivity index (χ3n) is 4.24. The van der Waals surface area contributed by atoms with Crippen LogP contribution < -0.4 is 10.0 Å². The van der Waals surface area contributed by atoms with Crippen molar-refractivity contribution in [3.63, 3.8) is 0 Å². The zero-order valence-electron chi connectivity index (χ0n) is 15.7. The normalized spacial score (nSPS) is 11.2. The highest BCUT2D eigenvalue weighted by atomic mass is 32.2. The van der Waals surface area contributed by atoms with E-state index in [0.717, 1.165) is 22.7 Å². The van der Waals surface area contributed by atoms with Gasteiger partial charge in [-0.1, -0.05) is 29.6 Å². The summed E-state index contributed by atoms with van der Waals surface area (Å²) in [4.78, 5) is 12.9. The van der Waals surface area contributed by atoms with Gasteiger partial charge in [-0.05, 0) is 67.2 Å². The van der Waals surface area contributed by atoms with Gasteiger partial charge < -0.3 is 5.32 Å². The minimum absolute atomic E-state index is 0.113. The standard InChI is InChI=1S/C19H20N4O3S2/c1-4-16-18(27-23-21-16)19(24)20-14-8-10-15(11-9-14)28(25,26)22-17-12(2)6-5-7-13(17)3/h5-11,22H,4H2,1-3H3,(H,20,24). The number of aromatic nitrogens is 2. The molecule has 3 rings (SSSR count). The van der Waals surface area contributed by atoms with Crippen LogP contribution in [0.2, 0.25) is 0 Å². The van der Waals surface area contributed by atoms with Gasteiger partial charge in [-0.25, -0.2) is 8.42 Å². The van der Waals surface area contributed by atoms with E-state index in [1.807, 2.05) is 39.0 Å². The number of anilines is 2. The van der Waals surface area contributed by atoms with E-state index >= 15 is 0 Å². The lowest BCUT2D eigenvalue weighted by atomic mass is 10.1. The number of hydrogen-bond acceptors (Lipinski definition) is 6. The van der Waals surface area contributed by atoms with E-state index in [0.29, 0.717) is 28.4 Å². The molecule has 0 radical (unpaired) electrons. The molecular formula is C19H20N4O3S2. The molecule has 3 aromatic rings. The number of carbonyl (C=O) groups excluding carboxylic acids is 1. The monoisotopic (exact) mass is 416 g/mol. The highest BCUT2D eigenvalue weighted by molar-refractivity contribution is 7.92. The Bertz CT molecular complexity index is 1090. The SMILES string of the molecule is CCc1nnsc1C(=O)Nc1ccc(S(=O)(=O)Nc2c(C)cccc2C)cc1. The molecule has 0 aliphatic heterocycles. The van der Waals surface area contributed by atoms with Crippen molar-refractivity contribution in [3.8, 4) is 0 Å². The topological polar surface area (TPSA) is 101 Å². The number of nitrogens with one attached hydrogen (secondary N) is 2. The first-order valence-corrected chi connectivity index (χ1v) is 10.9. The molecule has 0 saturated carbocycles. The van der Waals surface area contributed by atoms with Crippen molar-refractivity contribution in [1.29, 1.82) is 0 Å². The van der Waals surface area contributed by atoms with Gasteiger partial charge >= 0.3 is 0 Å². The Kier molecular flexibility index (Phi) is 5.76. The zero-order valence-corrected chi connectivity index (χ0v) is 17.3. The molecule has 0 aliphatic rings. The highest BCUT2D eigenvalue weighted by Gasteiger charge is 2.18. The molecule has 2 aromatic carbocycles. The Labute approximate surface area is 168 Å². The lowest BCUT2D eigenvalue weighted by molar-refractivity contribution is 0.102. The van der Waals surface area contributed by atoms with Gasteiger partial charge in [0, 0.05) is 5.69 Å². The molecule has 7 nitrogen and oxygen atoms in total. The largest absolute Gasteiger partial charge is 0.321 e. The molecule has 146 valence electrons. The average molecular weight is 417 g/mol. The van der Waals surface area contributed by atoms with E-state index in [9.17, 15) is 13.2 Å². The molecule has 0 aliphatic carbocycles. The second-order valence-electron chi connectivity index (χ2n) is 6.25. The second-order valence-corrected chi connectivity index (χ2v) is 8.69. The molecule has 28 heavy (non-hydrogen) atoms. The fourth-order valence-corrected chi connectivity index (χ4v) is 4.53. The highest BCUT2D eigenvalue weighted by Crippen LogP contribution is 2.24. The van der Waals surface area contributed by atoms with Crippen LogP contribution in [0.4, 0.5) is 11.4 Å². The van der Waals surface area contributed by atoms with Gasteiger partial charge in [0.25, 0.3) is 15.9 Å². The molecule has 0 atom stereocenters. The van der Waals surface area contributed by atoms with Gasteiger partial charge in [-0.15, -0.1) is 5.10 Å². The molecule has 2 N–H and O–H groups in total. The third kappa shape index (κ3) is 4.20. The van der Waals surface area contributed by atoms with Gasteiger partial charge in [-0.3, -0.25) is 9.52 Å². The van der Waals surface area contributed by atoms with Crippen LogP contribution in [-0.2, 0) is 16.4 Å². The molecule has 0 unspecified atom stereocenters. The zero-order chi connectivity index (χ0) is 20.3.